The summed E-state index contributed by atoms with van der Waals surface area (Å²) in [6.45, 7) is 3.04. The highest BCUT2D eigenvalue weighted by Crippen LogP contribution is 2.19. The Bertz CT molecular complexity index is 397. The Hall–Kier alpha value is -1.78. The molecule has 1 fully saturated rings. The predicted octanol–water partition coefficient (Wildman–Crippen LogP) is 0.418. The molecule has 0 atom stereocenters. The fourth-order valence-electron chi connectivity index (χ4n) is 1.51. The molecule has 2 rings (SSSR count). The smallest absolute Gasteiger partial charge is 0.239 e. The van der Waals surface area contributed by atoms with Crippen molar-refractivity contribution in [3.8, 4) is 0 Å². The Balaban J connectivity index is 2.14. The van der Waals surface area contributed by atoms with Crippen molar-refractivity contribution in [1.82, 2.24) is 5.32 Å². The highest BCUT2D eigenvalue weighted by atomic mass is 16.4. The average molecular weight is 208 g/mol. The van der Waals surface area contributed by atoms with E-state index in [0.29, 0.717) is 24.7 Å². The number of nitrogens with one attached hydrogen (secondary N) is 1. The van der Waals surface area contributed by atoms with E-state index in [4.69, 9.17) is 4.42 Å². The van der Waals surface area contributed by atoms with Crippen molar-refractivity contribution in [3.63, 3.8) is 0 Å². The molecule has 5 nitrogen and oxygen atoms in total. The molecule has 1 aliphatic heterocycles. The summed E-state index contributed by atoms with van der Waals surface area (Å²) in [5, 5.41) is 2.72. The molecule has 0 spiro atoms. The Labute approximate surface area is 87.0 Å². The van der Waals surface area contributed by atoms with Crippen LogP contribution in [0.15, 0.2) is 16.5 Å². The van der Waals surface area contributed by atoms with E-state index in [2.05, 4.69) is 5.32 Å². The maximum atomic E-state index is 11.1. The molecule has 0 unspecified atom stereocenters. The highest BCUT2D eigenvalue weighted by Gasteiger charge is 2.19. The fraction of sp³-hybridized carbons (Fsp3) is 0.400. The average Bonchev–Trinajstić information content (AvgIpc) is 2.66. The van der Waals surface area contributed by atoms with E-state index in [1.165, 1.54) is 6.92 Å². The van der Waals surface area contributed by atoms with Gasteiger partial charge in [-0.15, -0.1) is 0 Å². The van der Waals surface area contributed by atoms with Crippen LogP contribution in [0.3, 0.4) is 0 Å². The number of ketones is 1. The lowest BCUT2D eigenvalue weighted by molar-refractivity contribution is -0.120. The molecule has 1 saturated heterocycles. The van der Waals surface area contributed by atoms with Crippen LogP contribution in [-0.4, -0.2) is 31.3 Å². The van der Waals surface area contributed by atoms with Crippen LogP contribution in [0.5, 0.6) is 0 Å². The number of Topliss-reactive ketones (excluding diaryl/α,β-unsaturated/α-hetero) is 1. The molecule has 0 saturated carbocycles. The Morgan fingerprint density at radius 1 is 1.53 bits per heavy atom. The minimum Gasteiger partial charge on any atom is -0.437 e. The third kappa shape index (κ3) is 2.01. The number of rotatable bonds is 2. The molecule has 80 valence electrons. The first-order chi connectivity index (χ1) is 7.16. The fourth-order valence-corrected chi connectivity index (χ4v) is 1.51. The number of nitrogens with zero attached hydrogens (tertiary/aromatic N) is 1. The molecule has 1 aromatic rings. The van der Waals surface area contributed by atoms with Gasteiger partial charge >= 0.3 is 0 Å². The SMILES string of the molecule is CC(=O)c1ccc(N2CCNC(=O)C2)o1. The Morgan fingerprint density at radius 3 is 2.93 bits per heavy atom. The van der Waals surface area contributed by atoms with Crippen molar-refractivity contribution in [2.24, 2.45) is 0 Å². The molecule has 0 aromatic carbocycles. The van der Waals surface area contributed by atoms with Crippen molar-refractivity contribution in [2.45, 2.75) is 6.92 Å². The van der Waals surface area contributed by atoms with Gasteiger partial charge in [0.15, 0.2) is 17.4 Å². The van der Waals surface area contributed by atoms with Crippen LogP contribution in [0.25, 0.3) is 0 Å². The second-order valence-electron chi connectivity index (χ2n) is 3.47. The van der Waals surface area contributed by atoms with Gasteiger partial charge in [0.1, 0.15) is 0 Å². The van der Waals surface area contributed by atoms with Gasteiger partial charge in [-0.3, -0.25) is 9.59 Å². The molecule has 0 radical (unpaired) electrons. The maximum absolute atomic E-state index is 11.1. The second-order valence-corrected chi connectivity index (χ2v) is 3.47. The molecule has 1 amide bonds. The quantitative estimate of drug-likeness (QED) is 0.715. The molecule has 15 heavy (non-hydrogen) atoms. The molecular weight excluding hydrogens is 196 g/mol. The van der Waals surface area contributed by atoms with Gasteiger partial charge in [0.05, 0.1) is 6.54 Å². The summed E-state index contributed by atoms with van der Waals surface area (Å²) in [4.78, 5) is 24.0. The zero-order chi connectivity index (χ0) is 10.8. The van der Waals surface area contributed by atoms with Crippen molar-refractivity contribution in [2.75, 3.05) is 24.5 Å². The van der Waals surface area contributed by atoms with E-state index in [9.17, 15) is 9.59 Å². The lowest BCUT2D eigenvalue weighted by atomic mass is 10.3. The van der Waals surface area contributed by atoms with Crippen LogP contribution in [0, 0.1) is 0 Å². The van der Waals surface area contributed by atoms with Crippen molar-refractivity contribution in [3.05, 3.63) is 17.9 Å². The predicted molar refractivity (Wildman–Crippen MR) is 53.9 cm³/mol. The lowest BCUT2D eigenvalue weighted by Gasteiger charge is -2.25. The molecule has 1 aromatic heterocycles. The van der Waals surface area contributed by atoms with Gasteiger partial charge in [-0.1, -0.05) is 0 Å². The molecule has 1 aliphatic rings. The van der Waals surface area contributed by atoms with E-state index in [0.717, 1.165) is 0 Å². The number of furan rings is 1. The number of hydrogen-bond acceptors (Lipinski definition) is 4. The van der Waals surface area contributed by atoms with E-state index in [1.807, 2.05) is 4.90 Å². The topological polar surface area (TPSA) is 62.6 Å². The summed E-state index contributed by atoms with van der Waals surface area (Å²) in [5.74, 6) is 0.774. The Kier molecular flexibility index (Phi) is 2.45. The first-order valence-corrected chi connectivity index (χ1v) is 4.79. The van der Waals surface area contributed by atoms with E-state index in [1.54, 1.807) is 12.1 Å². The monoisotopic (exact) mass is 208 g/mol. The van der Waals surface area contributed by atoms with Crippen molar-refractivity contribution >= 4 is 17.6 Å². The minimum atomic E-state index is -0.109. The van der Waals surface area contributed by atoms with E-state index in [-0.39, 0.29) is 18.2 Å². The van der Waals surface area contributed by atoms with Crippen LogP contribution in [0.2, 0.25) is 0 Å². The lowest BCUT2D eigenvalue weighted by Crippen LogP contribution is -2.47. The van der Waals surface area contributed by atoms with E-state index >= 15 is 0 Å². The second kappa shape index (κ2) is 3.76. The minimum absolute atomic E-state index is 0.0259. The van der Waals surface area contributed by atoms with Gasteiger partial charge in [0.2, 0.25) is 5.91 Å². The summed E-state index contributed by atoms with van der Waals surface area (Å²) in [5.41, 5.74) is 0. The van der Waals surface area contributed by atoms with Gasteiger partial charge in [0, 0.05) is 26.1 Å². The summed E-state index contributed by atoms with van der Waals surface area (Å²) < 4.78 is 5.33. The number of carbonyl (C=O) groups is 2. The highest BCUT2D eigenvalue weighted by molar-refractivity contribution is 5.91. The van der Waals surface area contributed by atoms with Crippen LogP contribution in [0.4, 0.5) is 5.88 Å². The third-order valence-corrected chi connectivity index (χ3v) is 2.29. The summed E-state index contributed by atoms with van der Waals surface area (Å²) in [7, 11) is 0. The molecule has 1 N–H and O–H groups in total. The van der Waals surface area contributed by atoms with Crippen LogP contribution < -0.4 is 10.2 Å². The molecule has 5 heteroatoms. The van der Waals surface area contributed by atoms with Crippen molar-refractivity contribution < 1.29 is 14.0 Å². The van der Waals surface area contributed by atoms with Gasteiger partial charge in [-0.05, 0) is 6.07 Å². The van der Waals surface area contributed by atoms with E-state index < -0.39 is 0 Å². The zero-order valence-electron chi connectivity index (χ0n) is 8.45. The van der Waals surface area contributed by atoms with Gasteiger partial charge in [-0.25, -0.2) is 0 Å². The summed E-state index contributed by atoms with van der Waals surface area (Å²) in [6, 6.07) is 3.35. The third-order valence-electron chi connectivity index (χ3n) is 2.29. The molecule has 0 bridgehead atoms. The first kappa shape index (κ1) is 9.76. The largest absolute Gasteiger partial charge is 0.437 e. The Morgan fingerprint density at radius 2 is 2.33 bits per heavy atom. The summed E-state index contributed by atoms with van der Waals surface area (Å²) >= 11 is 0. The maximum Gasteiger partial charge on any atom is 0.239 e. The number of carbonyl (C=O) groups excluding carboxylic acids is 2. The normalized spacial score (nSPS) is 16.3. The van der Waals surface area contributed by atoms with Gasteiger partial charge in [0.25, 0.3) is 0 Å². The zero-order valence-corrected chi connectivity index (χ0v) is 8.45. The van der Waals surface area contributed by atoms with Crippen molar-refractivity contribution in [1.29, 1.82) is 0 Å². The van der Waals surface area contributed by atoms with Crippen LogP contribution in [-0.2, 0) is 4.79 Å². The number of anilines is 1. The molecule has 0 aliphatic carbocycles. The van der Waals surface area contributed by atoms with Gasteiger partial charge in [-0.2, -0.15) is 0 Å². The van der Waals surface area contributed by atoms with Gasteiger partial charge < -0.3 is 14.6 Å². The number of amides is 1. The summed E-state index contributed by atoms with van der Waals surface area (Å²) in [6.07, 6.45) is 0. The standard InChI is InChI=1S/C10H12N2O3/c1-7(13)8-2-3-10(15-8)12-5-4-11-9(14)6-12/h2-3H,4-6H2,1H3,(H,11,14). The first-order valence-electron chi connectivity index (χ1n) is 4.79. The van der Waals surface area contributed by atoms with Crippen LogP contribution >= 0.6 is 0 Å². The number of hydrogen-bond donors (Lipinski definition) is 1. The molecular formula is C10H12N2O3. The number of piperazine rings is 1. The van der Waals surface area contributed by atoms with Crippen LogP contribution in [0.1, 0.15) is 17.5 Å². The molecule has 2 heterocycles.